The molecule has 0 aromatic carbocycles. The molecule has 0 aromatic rings. The van der Waals surface area contributed by atoms with Gasteiger partial charge < -0.3 is 5.32 Å². The van der Waals surface area contributed by atoms with Crippen LogP contribution in [-0.4, -0.2) is 54.5 Å². The van der Waals surface area contributed by atoms with Gasteiger partial charge in [-0.1, -0.05) is 20.8 Å². The Morgan fingerprint density at radius 1 is 1.38 bits per heavy atom. The molecule has 1 N–H and O–H groups in total. The van der Waals surface area contributed by atoms with Crippen molar-refractivity contribution in [2.75, 3.05) is 38.5 Å². The molecule has 0 spiro atoms. The van der Waals surface area contributed by atoms with Gasteiger partial charge in [0.1, 0.15) is 0 Å². The fraction of sp³-hybridized carbons (Fsp3) is 0.917. The molecular formula is C12H23N3S. The lowest BCUT2D eigenvalue weighted by molar-refractivity contribution is 0.272. The maximum absolute atomic E-state index is 4.87. The minimum atomic E-state index is 0.318. The van der Waals surface area contributed by atoms with Gasteiger partial charge in [0.25, 0.3) is 0 Å². The second kappa shape index (κ2) is 5.07. The van der Waals surface area contributed by atoms with E-state index in [1.807, 2.05) is 11.8 Å². The van der Waals surface area contributed by atoms with Crippen LogP contribution in [0.4, 0.5) is 0 Å². The summed E-state index contributed by atoms with van der Waals surface area (Å²) < 4.78 is 0. The van der Waals surface area contributed by atoms with Crippen LogP contribution in [-0.2, 0) is 0 Å². The molecule has 1 fully saturated rings. The summed E-state index contributed by atoms with van der Waals surface area (Å²) in [5.74, 6) is 1.17. The minimum absolute atomic E-state index is 0.318. The highest BCUT2D eigenvalue weighted by molar-refractivity contribution is 8.14. The Morgan fingerprint density at radius 2 is 2.06 bits per heavy atom. The van der Waals surface area contributed by atoms with Gasteiger partial charge in [-0.2, -0.15) is 0 Å². The molecule has 0 aromatic heterocycles. The summed E-state index contributed by atoms with van der Waals surface area (Å²) in [6, 6.07) is 0.510. The van der Waals surface area contributed by atoms with Crippen LogP contribution in [0.25, 0.3) is 0 Å². The van der Waals surface area contributed by atoms with Crippen molar-refractivity contribution in [3.63, 3.8) is 0 Å². The summed E-state index contributed by atoms with van der Waals surface area (Å²) in [6.07, 6.45) is 0. The number of nitrogens with one attached hydrogen (secondary N) is 1. The van der Waals surface area contributed by atoms with E-state index in [-0.39, 0.29) is 0 Å². The molecule has 1 saturated heterocycles. The molecule has 2 aliphatic rings. The third-order valence-corrected chi connectivity index (χ3v) is 4.33. The lowest BCUT2D eigenvalue weighted by atomic mass is 9.88. The molecule has 1 atom stereocenters. The van der Waals surface area contributed by atoms with Gasteiger partial charge in [-0.3, -0.25) is 9.89 Å². The van der Waals surface area contributed by atoms with E-state index >= 15 is 0 Å². The predicted molar refractivity (Wildman–Crippen MR) is 72.4 cm³/mol. The molecule has 0 aliphatic carbocycles. The van der Waals surface area contributed by atoms with Gasteiger partial charge in [0.2, 0.25) is 0 Å². The van der Waals surface area contributed by atoms with Crippen LogP contribution < -0.4 is 5.32 Å². The second-order valence-electron chi connectivity index (χ2n) is 5.74. The van der Waals surface area contributed by atoms with E-state index in [4.69, 9.17) is 4.99 Å². The van der Waals surface area contributed by atoms with Crippen molar-refractivity contribution in [2.45, 2.75) is 26.8 Å². The maximum atomic E-state index is 4.87. The molecule has 2 heterocycles. The summed E-state index contributed by atoms with van der Waals surface area (Å²) in [5, 5.41) is 4.73. The molecule has 0 amide bonds. The number of hydrogen-bond acceptors (Lipinski definition) is 4. The quantitative estimate of drug-likeness (QED) is 0.793. The first-order valence-corrected chi connectivity index (χ1v) is 7.17. The van der Waals surface area contributed by atoms with Gasteiger partial charge in [-0.25, -0.2) is 0 Å². The first-order chi connectivity index (χ1) is 7.55. The average Bonchev–Trinajstić information content (AvgIpc) is 2.67. The Bertz CT molecular complexity index is 264. The van der Waals surface area contributed by atoms with Gasteiger partial charge in [0.15, 0.2) is 0 Å². The molecule has 0 saturated carbocycles. The van der Waals surface area contributed by atoms with Crippen molar-refractivity contribution in [2.24, 2.45) is 10.4 Å². The minimum Gasteiger partial charge on any atom is -0.314 e. The fourth-order valence-electron chi connectivity index (χ4n) is 2.01. The third-order valence-electron chi connectivity index (χ3n) is 3.28. The number of nitrogens with zero attached hydrogens (tertiary/aromatic N) is 2. The van der Waals surface area contributed by atoms with Gasteiger partial charge >= 0.3 is 0 Å². The highest BCUT2D eigenvalue weighted by atomic mass is 32.2. The molecule has 4 heteroatoms. The monoisotopic (exact) mass is 241 g/mol. The summed E-state index contributed by atoms with van der Waals surface area (Å²) in [6.45, 7) is 12.5. The normalized spacial score (nSPS) is 28.2. The number of rotatable bonds is 2. The summed E-state index contributed by atoms with van der Waals surface area (Å²) in [4.78, 5) is 7.38. The lowest BCUT2D eigenvalue weighted by Crippen LogP contribution is -2.45. The largest absolute Gasteiger partial charge is 0.314 e. The Labute approximate surface area is 103 Å². The van der Waals surface area contributed by atoms with E-state index in [1.54, 1.807) is 0 Å². The van der Waals surface area contributed by atoms with Crippen LogP contribution in [0.3, 0.4) is 0 Å². The zero-order valence-electron chi connectivity index (χ0n) is 10.6. The van der Waals surface area contributed by atoms with Crippen LogP contribution in [0.1, 0.15) is 20.8 Å². The SMILES string of the molecule is CC(C)(C)C1CSC(CN2CCNCC2)=N1. The van der Waals surface area contributed by atoms with Crippen molar-refractivity contribution < 1.29 is 0 Å². The highest BCUT2D eigenvalue weighted by Gasteiger charge is 2.29. The summed E-state index contributed by atoms with van der Waals surface area (Å²) in [7, 11) is 0. The van der Waals surface area contributed by atoms with E-state index in [1.165, 1.54) is 23.9 Å². The van der Waals surface area contributed by atoms with E-state index in [0.29, 0.717) is 11.5 Å². The van der Waals surface area contributed by atoms with E-state index < -0.39 is 0 Å². The molecule has 92 valence electrons. The molecule has 0 radical (unpaired) electrons. The zero-order valence-corrected chi connectivity index (χ0v) is 11.4. The summed E-state index contributed by atoms with van der Waals surface area (Å²) >= 11 is 1.96. The molecular weight excluding hydrogens is 218 g/mol. The molecule has 2 rings (SSSR count). The van der Waals surface area contributed by atoms with Crippen molar-refractivity contribution in [1.29, 1.82) is 0 Å². The van der Waals surface area contributed by atoms with Crippen molar-refractivity contribution in [3.05, 3.63) is 0 Å². The topological polar surface area (TPSA) is 27.6 Å². The van der Waals surface area contributed by atoms with E-state index in [9.17, 15) is 0 Å². The van der Waals surface area contributed by atoms with E-state index in [2.05, 4.69) is 31.0 Å². The first kappa shape index (κ1) is 12.4. The number of piperazine rings is 1. The van der Waals surface area contributed by atoms with Crippen LogP contribution in [0.5, 0.6) is 0 Å². The van der Waals surface area contributed by atoms with Crippen LogP contribution >= 0.6 is 11.8 Å². The second-order valence-corrected chi connectivity index (χ2v) is 6.84. The summed E-state index contributed by atoms with van der Waals surface area (Å²) in [5.41, 5.74) is 0.318. The Balaban J connectivity index is 1.86. The third kappa shape index (κ3) is 3.22. The number of hydrogen-bond donors (Lipinski definition) is 1. The van der Waals surface area contributed by atoms with Crippen molar-refractivity contribution >= 4 is 16.8 Å². The maximum Gasteiger partial charge on any atom is 0.0821 e. The number of aliphatic imine (C=N–C) groups is 1. The average molecular weight is 241 g/mol. The Morgan fingerprint density at radius 3 is 2.62 bits per heavy atom. The van der Waals surface area contributed by atoms with Gasteiger partial charge in [-0.15, -0.1) is 11.8 Å². The Hall–Kier alpha value is -0.0600. The van der Waals surface area contributed by atoms with Crippen LogP contribution in [0.15, 0.2) is 4.99 Å². The van der Waals surface area contributed by atoms with E-state index in [0.717, 1.165) is 19.6 Å². The molecule has 2 aliphatic heterocycles. The van der Waals surface area contributed by atoms with Crippen molar-refractivity contribution in [3.8, 4) is 0 Å². The molecule has 3 nitrogen and oxygen atoms in total. The smallest absolute Gasteiger partial charge is 0.0821 e. The molecule has 1 unspecified atom stereocenters. The van der Waals surface area contributed by atoms with Gasteiger partial charge in [0, 0.05) is 38.5 Å². The molecule has 16 heavy (non-hydrogen) atoms. The molecule has 0 bridgehead atoms. The lowest BCUT2D eigenvalue weighted by Gasteiger charge is -2.26. The first-order valence-electron chi connectivity index (χ1n) is 6.18. The van der Waals surface area contributed by atoms with Crippen LogP contribution in [0.2, 0.25) is 0 Å². The van der Waals surface area contributed by atoms with Gasteiger partial charge in [-0.05, 0) is 5.41 Å². The van der Waals surface area contributed by atoms with Crippen molar-refractivity contribution in [1.82, 2.24) is 10.2 Å². The zero-order chi connectivity index (χ0) is 11.6. The number of thioether (sulfide) groups is 1. The fourth-order valence-corrected chi connectivity index (χ4v) is 3.41. The standard InChI is InChI=1S/C12H23N3S/c1-12(2,3)10-9-16-11(14-10)8-15-6-4-13-5-7-15/h10,13H,4-9H2,1-3H3. The Kier molecular flexibility index (Phi) is 3.93. The highest BCUT2D eigenvalue weighted by Crippen LogP contribution is 2.31. The van der Waals surface area contributed by atoms with Crippen LogP contribution in [0, 0.1) is 5.41 Å². The van der Waals surface area contributed by atoms with Gasteiger partial charge in [0.05, 0.1) is 11.1 Å². The predicted octanol–water partition coefficient (Wildman–Crippen LogP) is 1.45.